The third kappa shape index (κ3) is 3.17. The zero-order valence-electron chi connectivity index (χ0n) is 11.2. The predicted octanol–water partition coefficient (Wildman–Crippen LogP) is 4.48. The molecule has 3 aromatic rings. The Labute approximate surface area is 125 Å². The van der Waals surface area contributed by atoms with Gasteiger partial charge in [-0.05, 0) is 24.3 Å². The van der Waals surface area contributed by atoms with Crippen LogP contribution in [0.2, 0.25) is 0 Å². The SMILES string of the molecule is Fc1ccc(Nc2n[nH]c3c(OC(F)(F)F)cccc23)cc1F. The molecule has 3 rings (SSSR count). The van der Waals surface area contributed by atoms with E-state index in [1.807, 2.05) is 0 Å². The van der Waals surface area contributed by atoms with Crippen molar-refractivity contribution in [2.45, 2.75) is 6.36 Å². The van der Waals surface area contributed by atoms with Crippen LogP contribution < -0.4 is 10.1 Å². The number of hydrogen-bond donors (Lipinski definition) is 2. The summed E-state index contributed by atoms with van der Waals surface area (Å²) in [4.78, 5) is 0. The van der Waals surface area contributed by atoms with E-state index in [2.05, 4.69) is 20.3 Å². The van der Waals surface area contributed by atoms with Gasteiger partial charge in [0.25, 0.3) is 0 Å². The summed E-state index contributed by atoms with van der Waals surface area (Å²) < 4.78 is 67.0. The quantitative estimate of drug-likeness (QED) is 0.697. The smallest absolute Gasteiger partial charge is 0.403 e. The fourth-order valence-corrected chi connectivity index (χ4v) is 2.03. The van der Waals surface area contributed by atoms with Crippen molar-refractivity contribution in [1.29, 1.82) is 0 Å². The highest BCUT2D eigenvalue weighted by atomic mass is 19.4. The Kier molecular flexibility index (Phi) is 3.55. The Morgan fingerprint density at radius 2 is 1.83 bits per heavy atom. The Balaban J connectivity index is 1.96. The van der Waals surface area contributed by atoms with Crippen LogP contribution in [0, 0.1) is 11.6 Å². The van der Waals surface area contributed by atoms with Crippen molar-refractivity contribution in [3.63, 3.8) is 0 Å². The maximum Gasteiger partial charge on any atom is 0.573 e. The number of alkyl halides is 3. The number of ether oxygens (including phenoxy) is 1. The van der Waals surface area contributed by atoms with Crippen LogP contribution in [-0.2, 0) is 0 Å². The van der Waals surface area contributed by atoms with Crippen molar-refractivity contribution < 1.29 is 26.7 Å². The molecular weight excluding hydrogens is 321 g/mol. The van der Waals surface area contributed by atoms with Gasteiger partial charge in [0.2, 0.25) is 0 Å². The van der Waals surface area contributed by atoms with Crippen molar-refractivity contribution >= 4 is 22.4 Å². The molecule has 0 radical (unpaired) electrons. The molecule has 120 valence electrons. The highest BCUT2D eigenvalue weighted by molar-refractivity contribution is 5.95. The second-order valence-corrected chi connectivity index (χ2v) is 4.55. The number of nitrogens with zero attached hydrogens (tertiary/aromatic N) is 1. The number of benzene rings is 2. The van der Waals surface area contributed by atoms with Crippen LogP contribution in [0.3, 0.4) is 0 Å². The van der Waals surface area contributed by atoms with E-state index in [9.17, 15) is 22.0 Å². The lowest BCUT2D eigenvalue weighted by atomic mass is 10.2. The van der Waals surface area contributed by atoms with E-state index in [-0.39, 0.29) is 17.0 Å². The van der Waals surface area contributed by atoms with Gasteiger partial charge in [0, 0.05) is 17.1 Å². The van der Waals surface area contributed by atoms with Crippen molar-refractivity contribution in [2.24, 2.45) is 0 Å². The third-order valence-corrected chi connectivity index (χ3v) is 2.97. The Hall–Kier alpha value is -2.84. The molecule has 1 aromatic heterocycles. The molecule has 0 unspecified atom stereocenters. The fourth-order valence-electron chi connectivity index (χ4n) is 2.03. The highest BCUT2D eigenvalue weighted by Crippen LogP contribution is 2.33. The number of nitrogens with one attached hydrogen (secondary N) is 2. The number of anilines is 2. The van der Waals surface area contributed by atoms with Gasteiger partial charge in [0.15, 0.2) is 23.2 Å². The first-order valence-electron chi connectivity index (χ1n) is 6.28. The predicted molar refractivity (Wildman–Crippen MR) is 72.4 cm³/mol. The van der Waals surface area contributed by atoms with Crippen LogP contribution in [0.25, 0.3) is 10.9 Å². The first-order valence-corrected chi connectivity index (χ1v) is 6.28. The highest BCUT2D eigenvalue weighted by Gasteiger charge is 2.32. The topological polar surface area (TPSA) is 49.9 Å². The lowest BCUT2D eigenvalue weighted by molar-refractivity contribution is -0.274. The normalized spacial score (nSPS) is 11.7. The number of para-hydroxylation sites is 1. The van der Waals surface area contributed by atoms with Crippen LogP contribution in [0.5, 0.6) is 5.75 Å². The van der Waals surface area contributed by atoms with Gasteiger partial charge in [-0.15, -0.1) is 13.2 Å². The second-order valence-electron chi connectivity index (χ2n) is 4.55. The number of rotatable bonds is 3. The minimum absolute atomic E-state index is 0.0231. The molecule has 4 nitrogen and oxygen atoms in total. The van der Waals surface area contributed by atoms with Crippen molar-refractivity contribution in [3.05, 3.63) is 48.0 Å². The molecule has 0 aliphatic heterocycles. The van der Waals surface area contributed by atoms with Crippen LogP contribution >= 0.6 is 0 Å². The number of aromatic nitrogens is 2. The van der Waals surface area contributed by atoms with Crippen LogP contribution in [0.4, 0.5) is 33.5 Å². The molecule has 0 fully saturated rings. The van der Waals surface area contributed by atoms with Crippen LogP contribution in [0.1, 0.15) is 0 Å². The fraction of sp³-hybridized carbons (Fsp3) is 0.0714. The van der Waals surface area contributed by atoms with E-state index < -0.39 is 23.7 Å². The first-order chi connectivity index (χ1) is 10.8. The molecule has 0 atom stereocenters. The molecule has 0 saturated heterocycles. The summed E-state index contributed by atoms with van der Waals surface area (Å²) in [5.74, 6) is -2.36. The number of fused-ring (bicyclic) bond motifs is 1. The molecule has 0 bridgehead atoms. The summed E-state index contributed by atoms with van der Waals surface area (Å²) in [5.41, 5.74) is 0.217. The summed E-state index contributed by atoms with van der Waals surface area (Å²) >= 11 is 0. The van der Waals surface area contributed by atoms with E-state index in [0.29, 0.717) is 5.39 Å². The number of hydrogen-bond acceptors (Lipinski definition) is 3. The summed E-state index contributed by atoms with van der Waals surface area (Å²) in [6, 6.07) is 7.10. The Morgan fingerprint density at radius 1 is 1.04 bits per heavy atom. The molecular formula is C14H8F5N3O. The van der Waals surface area contributed by atoms with Gasteiger partial charge in [-0.25, -0.2) is 8.78 Å². The lowest BCUT2D eigenvalue weighted by Crippen LogP contribution is -2.17. The molecule has 2 N–H and O–H groups in total. The molecule has 9 heteroatoms. The van der Waals surface area contributed by atoms with E-state index >= 15 is 0 Å². The van der Waals surface area contributed by atoms with Gasteiger partial charge in [-0.2, -0.15) is 5.10 Å². The molecule has 0 saturated carbocycles. The zero-order valence-corrected chi connectivity index (χ0v) is 11.2. The van der Waals surface area contributed by atoms with Gasteiger partial charge >= 0.3 is 6.36 Å². The molecule has 0 amide bonds. The van der Waals surface area contributed by atoms with Crippen molar-refractivity contribution in [2.75, 3.05) is 5.32 Å². The maximum absolute atomic E-state index is 13.2. The van der Waals surface area contributed by atoms with Crippen LogP contribution in [0.15, 0.2) is 36.4 Å². The zero-order chi connectivity index (χ0) is 16.6. The molecule has 23 heavy (non-hydrogen) atoms. The standard InChI is InChI=1S/C14H8F5N3O/c15-9-5-4-7(6-10(9)16)20-13-8-2-1-3-11(12(8)21-22-13)23-14(17,18)19/h1-6H,(H2,20,21,22). The molecule has 0 aliphatic carbocycles. The second kappa shape index (κ2) is 5.41. The molecule has 0 aliphatic rings. The maximum atomic E-state index is 13.2. The van der Waals surface area contributed by atoms with E-state index in [1.54, 1.807) is 0 Å². The average molecular weight is 329 g/mol. The molecule has 1 heterocycles. The number of halogens is 5. The third-order valence-electron chi connectivity index (χ3n) is 2.97. The summed E-state index contributed by atoms with van der Waals surface area (Å²) in [6.45, 7) is 0. The average Bonchev–Trinajstić information content (AvgIpc) is 2.86. The largest absolute Gasteiger partial charge is 0.573 e. The lowest BCUT2D eigenvalue weighted by Gasteiger charge is -2.09. The monoisotopic (exact) mass is 329 g/mol. The van der Waals surface area contributed by atoms with E-state index in [0.717, 1.165) is 18.2 Å². The first kappa shape index (κ1) is 15.1. The summed E-state index contributed by atoms with van der Waals surface area (Å²) in [7, 11) is 0. The number of aromatic amines is 1. The Bertz CT molecular complexity index is 859. The molecule has 0 spiro atoms. The minimum atomic E-state index is -4.84. The van der Waals surface area contributed by atoms with E-state index in [4.69, 9.17) is 0 Å². The van der Waals surface area contributed by atoms with Gasteiger partial charge < -0.3 is 10.1 Å². The van der Waals surface area contributed by atoms with Crippen molar-refractivity contribution in [1.82, 2.24) is 10.2 Å². The van der Waals surface area contributed by atoms with Crippen molar-refractivity contribution in [3.8, 4) is 5.75 Å². The Morgan fingerprint density at radius 3 is 2.52 bits per heavy atom. The van der Waals surface area contributed by atoms with Gasteiger partial charge in [0.05, 0.1) is 0 Å². The summed E-state index contributed by atoms with van der Waals surface area (Å²) in [5, 5.41) is 9.26. The number of H-pyrrole nitrogens is 1. The molecule has 2 aromatic carbocycles. The van der Waals surface area contributed by atoms with Crippen LogP contribution in [-0.4, -0.2) is 16.6 Å². The van der Waals surface area contributed by atoms with Gasteiger partial charge in [-0.1, -0.05) is 6.07 Å². The van der Waals surface area contributed by atoms with Gasteiger partial charge in [0.1, 0.15) is 5.52 Å². The summed E-state index contributed by atoms with van der Waals surface area (Å²) in [6.07, 6.45) is -4.84. The van der Waals surface area contributed by atoms with Gasteiger partial charge in [-0.3, -0.25) is 5.10 Å². The minimum Gasteiger partial charge on any atom is -0.403 e. The van der Waals surface area contributed by atoms with E-state index in [1.165, 1.54) is 18.2 Å².